The van der Waals surface area contributed by atoms with E-state index in [1.165, 1.54) is 0 Å². The normalized spacial score (nSPS) is 15.8. The van der Waals surface area contributed by atoms with E-state index < -0.39 is 11.5 Å². The molecule has 2 saturated heterocycles. The Balaban J connectivity index is 1.16. The van der Waals surface area contributed by atoms with Crippen molar-refractivity contribution in [1.82, 2.24) is 15.1 Å². The fraction of sp³-hybridized carbons (Fsp3) is 0.289. The first-order valence-electron chi connectivity index (χ1n) is 15.9. The van der Waals surface area contributed by atoms with Crippen molar-refractivity contribution in [2.75, 3.05) is 44.9 Å². The molecular formula is C38H40N4O4. The highest BCUT2D eigenvalue weighted by Gasteiger charge is 2.54. The average molecular weight is 617 g/mol. The van der Waals surface area contributed by atoms with Crippen LogP contribution in [0.5, 0.6) is 5.75 Å². The van der Waals surface area contributed by atoms with Gasteiger partial charge in [-0.3, -0.25) is 14.4 Å². The standard InChI is InChI=1S/C38H40N4O4/c1-46-33-20-12-11-13-29(33)21-24-39-34(43)27-41-28-42(32-18-9-4-10-19-32)38(37(41)45)22-25-40(26-23-38)36(44)35(30-14-5-2-6-15-30)31-16-7-3-8-17-31/h2-20,35H,21-28H2,1H3,(H,39,43). The van der Waals surface area contributed by atoms with Crippen LogP contribution >= 0.6 is 0 Å². The lowest BCUT2D eigenvalue weighted by Crippen LogP contribution is -2.58. The molecule has 8 nitrogen and oxygen atoms in total. The zero-order valence-corrected chi connectivity index (χ0v) is 26.2. The zero-order valence-electron chi connectivity index (χ0n) is 26.2. The van der Waals surface area contributed by atoms with Crippen LogP contribution in [0, 0.1) is 0 Å². The summed E-state index contributed by atoms with van der Waals surface area (Å²) in [5.41, 5.74) is 3.01. The number of benzene rings is 4. The van der Waals surface area contributed by atoms with Gasteiger partial charge in [0.2, 0.25) is 11.8 Å². The van der Waals surface area contributed by atoms with Gasteiger partial charge in [0, 0.05) is 25.3 Å². The van der Waals surface area contributed by atoms with Gasteiger partial charge in [-0.1, -0.05) is 97.1 Å². The fourth-order valence-corrected chi connectivity index (χ4v) is 6.85. The van der Waals surface area contributed by atoms with Crippen molar-refractivity contribution >= 4 is 23.4 Å². The number of carbonyl (C=O) groups is 3. The quantitative estimate of drug-likeness (QED) is 0.276. The van der Waals surface area contributed by atoms with Gasteiger partial charge < -0.3 is 24.8 Å². The highest BCUT2D eigenvalue weighted by molar-refractivity contribution is 5.96. The number of ether oxygens (including phenoxy) is 1. The monoisotopic (exact) mass is 616 g/mol. The summed E-state index contributed by atoms with van der Waals surface area (Å²) in [6, 6.07) is 37.4. The highest BCUT2D eigenvalue weighted by atomic mass is 16.5. The summed E-state index contributed by atoms with van der Waals surface area (Å²) >= 11 is 0. The number of methoxy groups -OCH3 is 1. The third-order valence-corrected chi connectivity index (χ3v) is 9.24. The molecule has 0 aliphatic carbocycles. The molecule has 1 N–H and O–H groups in total. The number of nitrogens with zero attached hydrogens (tertiary/aromatic N) is 3. The van der Waals surface area contributed by atoms with Gasteiger partial charge in [-0.05, 0) is 54.2 Å². The lowest BCUT2D eigenvalue weighted by atomic mass is 9.83. The van der Waals surface area contributed by atoms with Crippen LogP contribution < -0.4 is 15.0 Å². The first-order chi connectivity index (χ1) is 22.5. The van der Waals surface area contributed by atoms with Crippen LogP contribution in [0.1, 0.15) is 35.4 Å². The highest BCUT2D eigenvalue weighted by Crippen LogP contribution is 2.40. The van der Waals surface area contributed by atoms with E-state index in [0.717, 1.165) is 28.1 Å². The number of anilines is 1. The van der Waals surface area contributed by atoms with Gasteiger partial charge in [0.15, 0.2) is 0 Å². The number of rotatable bonds is 10. The Labute approximate surface area is 270 Å². The minimum absolute atomic E-state index is 0.0252. The van der Waals surface area contributed by atoms with Crippen molar-refractivity contribution in [1.29, 1.82) is 0 Å². The Morgan fingerprint density at radius 3 is 1.98 bits per heavy atom. The van der Waals surface area contributed by atoms with Crippen molar-refractivity contribution in [2.45, 2.75) is 30.7 Å². The van der Waals surface area contributed by atoms with E-state index in [2.05, 4.69) is 10.2 Å². The SMILES string of the molecule is COc1ccccc1CCNC(=O)CN1CN(c2ccccc2)C2(CCN(C(=O)C(c3ccccc3)c3ccccc3)CC2)C1=O. The molecule has 6 rings (SSSR count). The Morgan fingerprint density at radius 2 is 1.37 bits per heavy atom. The minimum Gasteiger partial charge on any atom is -0.496 e. The third kappa shape index (κ3) is 6.33. The van der Waals surface area contributed by atoms with Gasteiger partial charge in [-0.2, -0.15) is 0 Å². The number of hydrogen-bond acceptors (Lipinski definition) is 5. The summed E-state index contributed by atoms with van der Waals surface area (Å²) in [5.74, 6) is 0.142. The van der Waals surface area contributed by atoms with Crippen molar-refractivity contribution in [2.24, 2.45) is 0 Å². The molecular weight excluding hydrogens is 576 g/mol. The van der Waals surface area contributed by atoms with Crippen molar-refractivity contribution in [3.63, 3.8) is 0 Å². The van der Waals surface area contributed by atoms with E-state index >= 15 is 0 Å². The van der Waals surface area contributed by atoms with Gasteiger partial charge in [-0.15, -0.1) is 0 Å². The van der Waals surface area contributed by atoms with Crippen LogP contribution in [-0.2, 0) is 20.8 Å². The van der Waals surface area contributed by atoms with E-state index in [0.29, 0.717) is 45.6 Å². The molecule has 4 aromatic carbocycles. The Hall–Kier alpha value is -5.11. The maximum absolute atomic E-state index is 14.2. The summed E-state index contributed by atoms with van der Waals surface area (Å²) in [6.45, 7) is 1.62. The first kappa shape index (κ1) is 30.9. The maximum atomic E-state index is 14.2. The van der Waals surface area contributed by atoms with Gasteiger partial charge in [-0.25, -0.2) is 0 Å². The molecule has 0 radical (unpaired) electrons. The van der Waals surface area contributed by atoms with Gasteiger partial charge >= 0.3 is 0 Å². The summed E-state index contributed by atoms with van der Waals surface area (Å²) in [4.78, 5) is 47.1. The topological polar surface area (TPSA) is 82.2 Å². The van der Waals surface area contributed by atoms with Crippen molar-refractivity contribution in [3.8, 4) is 5.75 Å². The molecule has 2 aliphatic heterocycles. The summed E-state index contributed by atoms with van der Waals surface area (Å²) in [7, 11) is 1.63. The molecule has 2 aliphatic rings. The summed E-state index contributed by atoms with van der Waals surface area (Å²) in [5, 5.41) is 2.98. The number of piperidine rings is 1. The molecule has 3 amide bonds. The number of hydrogen-bond donors (Lipinski definition) is 1. The molecule has 4 aromatic rings. The first-order valence-corrected chi connectivity index (χ1v) is 15.9. The Morgan fingerprint density at radius 1 is 0.804 bits per heavy atom. The predicted octanol–water partition coefficient (Wildman–Crippen LogP) is 4.85. The second-order valence-electron chi connectivity index (χ2n) is 11.9. The second-order valence-corrected chi connectivity index (χ2v) is 11.9. The van der Waals surface area contributed by atoms with Crippen LogP contribution in [-0.4, -0.2) is 73.0 Å². The molecule has 2 heterocycles. The average Bonchev–Trinajstić information content (AvgIpc) is 3.36. The summed E-state index contributed by atoms with van der Waals surface area (Å²) in [6.07, 6.45) is 1.59. The number of amides is 3. The van der Waals surface area contributed by atoms with Crippen LogP contribution in [0.3, 0.4) is 0 Å². The molecule has 0 aromatic heterocycles. The van der Waals surface area contributed by atoms with Gasteiger partial charge in [0.25, 0.3) is 5.91 Å². The second kappa shape index (κ2) is 13.9. The van der Waals surface area contributed by atoms with Crippen LogP contribution in [0.4, 0.5) is 5.69 Å². The van der Waals surface area contributed by atoms with Crippen LogP contribution in [0.15, 0.2) is 115 Å². The molecule has 236 valence electrons. The molecule has 0 unspecified atom stereocenters. The molecule has 0 bridgehead atoms. The lowest BCUT2D eigenvalue weighted by Gasteiger charge is -2.44. The van der Waals surface area contributed by atoms with Gasteiger partial charge in [0.05, 0.1) is 19.7 Å². The maximum Gasteiger partial charge on any atom is 0.250 e. The number of carbonyl (C=O) groups excluding carboxylic acids is 3. The molecule has 0 saturated carbocycles. The Kier molecular flexibility index (Phi) is 9.33. The van der Waals surface area contributed by atoms with E-state index in [4.69, 9.17) is 4.74 Å². The van der Waals surface area contributed by atoms with Crippen molar-refractivity contribution in [3.05, 3.63) is 132 Å². The largest absolute Gasteiger partial charge is 0.496 e. The van der Waals surface area contributed by atoms with E-state index in [1.807, 2.05) is 120 Å². The van der Waals surface area contributed by atoms with E-state index in [-0.39, 0.29) is 24.3 Å². The molecule has 2 fully saturated rings. The fourth-order valence-electron chi connectivity index (χ4n) is 6.85. The number of nitrogens with one attached hydrogen (secondary N) is 1. The molecule has 8 heteroatoms. The smallest absolute Gasteiger partial charge is 0.250 e. The molecule has 1 spiro atoms. The number of para-hydroxylation sites is 2. The zero-order chi connectivity index (χ0) is 31.9. The molecule has 46 heavy (non-hydrogen) atoms. The predicted molar refractivity (Wildman–Crippen MR) is 178 cm³/mol. The lowest BCUT2D eigenvalue weighted by molar-refractivity contribution is -0.140. The molecule has 0 atom stereocenters. The van der Waals surface area contributed by atoms with E-state index in [1.54, 1.807) is 12.0 Å². The van der Waals surface area contributed by atoms with E-state index in [9.17, 15) is 14.4 Å². The van der Waals surface area contributed by atoms with Crippen molar-refractivity contribution < 1.29 is 19.1 Å². The van der Waals surface area contributed by atoms with Crippen LogP contribution in [0.2, 0.25) is 0 Å². The Bertz CT molecular complexity index is 1600. The third-order valence-electron chi connectivity index (χ3n) is 9.24. The summed E-state index contributed by atoms with van der Waals surface area (Å²) < 4.78 is 5.43. The van der Waals surface area contributed by atoms with Gasteiger partial charge in [0.1, 0.15) is 17.8 Å². The number of likely N-dealkylation sites (tertiary alicyclic amines) is 1. The van der Waals surface area contributed by atoms with Crippen LogP contribution in [0.25, 0.3) is 0 Å². The minimum atomic E-state index is -0.829.